The molecule has 3 aromatic carbocycles. The minimum Gasteiger partial charge on any atom is -0.377 e. The molecule has 0 amide bonds. The fraction of sp³-hybridized carbons (Fsp3) is 0.379. The van der Waals surface area contributed by atoms with Gasteiger partial charge in [-0.05, 0) is 53.1 Å². The van der Waals surface area contributed by atoms with Crippen LogP contribution >= 0.6 is 0 Å². The van der Waals surface area contributed by atoms with Gasteiger partial charge in [-0.25, -0.2) is 4.39 Å². The van der Waals surface area contributed by atoms with Crippen LogP contribution in [-0.4, -0.2) is 6.61 Å². The van der Waals surface area contributed by atoms with E-state index in [1.807, 2.05) is 36.4 Å². The Hall–Kier alpha value is -2.45. The van der Waals surface area contributed by atoms with Gasteiger partial charge in [-0.15, -0.1) is 0 Å². The van der Waals surface area contributed by atoms with E-state index in [9.17, 15) is 4.39 Å². The Labute approximate surface area is 187 Å². The highest BCUT2D eigenvalue weighted by atomic mass is 19.1. The van der Waals surface area contributed by atoms with Crippen LogP contribution in [0.25, 0.3) is 22.3 Å². The SMILES string of the molecule is CCCCCCCc1ccc(-c2ccc(-c3ccc(COCCC)cc3)c(F)c2)cc1. The summed E-state index contributed by atoms with van der Waals surface area (Å²) in [6.45, 7) is 5.70. The summed E-state index contributed by atoms with van der Waals surface area (Å²) in [6, 6.07) is 22.1. The van der Waals surface area contributed by atoms with Crippen LogP contribution in [0.5, 0.6) is 0 Å². The van der Waals surface area contributed by atoms with Crippen molar-refractivity contribution < 1.29 is 9.13 Å². The average molecular weight is 419 g/mol. The van der Waals surface area contributed by atoms with Crippen molar-refractivity contribution in [2.24, 2.45) is 0 Å². The highest BCUT2D eigenvalue weighted by Gasteiger charge is 2.08. The van der Waals surface area contributed by atoms with Crippen LogP contribution < -0.4 is 0 Å². The second-order valence-electron chi connectivity index (χ2n) is 8.31. The van der Waals surface area contributed by atoms with Crippen molar-refractivity contribution in [3.63, 3.8) is 0 Å². The van der Waals surface area contributed by atoms with Gasteiger partial charge in [0, 0.05) is 12.2 Å². The molecule has 164 valence electrons. The van der Waals surface area contributed by atoms with Crippen molar-refractivity contribution in [1.29, 1.82) is 0 Å². The minimum atomic E-state index is -0.188. The third-order valence-electron chi connectivity index (χ3n) is 5.71. The lowest BCUT2D eigenvalue weighted by molar-refractivity contribution is 0.121. The number of unbranched alkanes of at least 4 members (excludes halogenated alkanes) is 4. The standard InChI is InChI=1S/C29H35FO/c1-3-5-6-7-8-9-23-10-14-25(15-11-23)27-18-19-28(29(30)21-27)26-16-12-24(13-17-26)22-31-20-4-2/h10-19,21H,3-9,20,22H2,1-2H3. The lowest BCUT2D eigenvalue weighted by atomic mass is 9.97. The Bertz CT molecular complexity index is 912. The van der Waals surface area contributed by atoms with E-state index in [1.165, 1.54) is 37.7 Å². The van der Waals surface area contributed by atoms with Gasteiger partial charge < -0.3 is 4.74 Å². The van der Waals surface area contributed by atoms with Gasteiger partial charge in [-0.2, -0.15) is 0 Å². The van der Waals surface area contributed by atoms with E-state index < -0.39 is 0 Å². The lowest BCUT2D eigenvalue weighted by Crippen LogP contribution is -1.94. The number of benzene rings is 3. The summed E-state index contributed by atoms with van der Waals surface area (Å²) in [4.78, 5) is 0. The van der Waals surface area contributed by atoms with Crippen LogP contribution in [0.2, 0.25) is 0 Å². The molecule has 1 nitrogen and oxygen atoms in total. The van der Waals surface area contributed by atoms with E-state index in [1.54, 1.807) is 6.07 Å². The molecule has 0 saturated heterocycles. The van der Waals surface area contributed by atoms with Crippen LogP contribution in [-0.2, 0) is 17.8 Å². The molecule has 0 radical (unpaired) electrons. The summed E-state index contributed by atoms with van der Waals surface area (Å²) in [5.41, 5.74) is 5.97. The Morgan fingerprint density at radius 2 is 1.29 bits per heavy atom. The van der Waals surface area contributed by atoms with Crippen molar-refractivity contribution in [2.75, 3.05) is 6.61 Å². The van der Waals surface area contributed by atoms with Crippen molar-refractivity contribution in [3.8, 4) is 22.3 Å². The van der Waals surface area contributed by atoms with Gasteiger partial charge in [0.05, 0.1) is 6.61 Å². The molecule has 0 bridgehead atoms. The summed E-state index contributed by atoms with van der Waals surface area (Å²) in [5.74, 6) is -0.188. The molecule has 0 fully saturated rings. The highest BCUT2D eigenvalue weighted by Crippen LogP contribution is 2.28. The van der Waals surface area contributed by atoms with E-state index in [0.717, 1.165) is 41.7 Å². The van der Waals surface area contributed by atoms with Gasteiger partial charge >= 0.3 is 0 Å². The molecule has 0 aliphatic carbocycles. The zero-order chi connectivity index (χ0) is 21.9. The summed E-state index contributed by atoms with van der Waals surface area (Å²) in [7, 11) is 0. The molecule has 0 N–H and O–H groups in total. The zero-order valence-corrected chi connectivity index (χ0v) is 19.0. The maximum Gasteiger partial charge on any atom is 0.131 e. The van der Waals surface area contributed by atoms with Crippen LogP contribution in [0, 0.1) is 5.82 Å². The Morgan fingerprint density at radius 3 is 1.97 bits per heavy atom. The summed E-state index contributed by atoms with van der Waals surface area (Å²) >= 11 is 0. The number of aryl methyl sites for hydroxylation is 1. The smallest absolute Gasteiger partial charge is 0.131 e. The third kappa shape index (κ3) is 7.04. The first kappa shape index (κ1) is 23.2. The second-order valence-corrected chi connectivity index (χ2v) is 8.31. The van der Waals surface area contributed by atoms with Gasteiger partial charge in [-0.3, -0.25) is 0 Å². The van der Waals surface area contributed by atoms with Gasteiger partial charge in [0.15, 0.2) is 0 Å². The minimum absolute atomic E-state index is 0.188. The highest BCUT2D eigenvalue weighted by molar-refractivity contribution is 5.71. The normalized spacial score (nSPS) is 11.1. The monoisotopic (exact) mass is 418 g/mol. The molecule has 0 aliphatic rings. The fourth-order valence-electron chi connectivity index (χ4n) is 3.84. The van der Waals surface area contributed by atoms with Crippen LogP contribution in [0.1, 0.15) is 63.5 Å². The summed E-state index contributed by atoms with van der Waals surface area (Å²) in [5, 5.41) is 0. The summed E-state index contributed by atoms with van der Waals surface area (Å²) < 4.78 is 20.5. The predicted octanol–water partition coefficient (Wildman–Crippen LogP) is 8.60. The summed E-state index contributed by atoms with van der Waals surface area (Å²) in [6.07, 6.45) is 8.62. The van der Waals surface area contributed by atoms with Gasteiger partial charge in [-0.1, -0.05) is 100 Å². The molecule has 0 unspecified atom stereocenters. The Morgan fingerprint density at radius 1 is 0.645 bits per heavy atom. The van der Waals surface area contributed by atoms with E-state index in [0.29, 0.717) is 12.2 Å². The van der Waals surface area contributed by atoms with E-state index in [-0.39, 0.29) is 5.82 Å². The number of halogens is 1. The maximum atomic E-state index is 14.9. The molecule has 0 atom stereocenters. The Kier molecular flexibility index (Phi) is 9.30. The van der Waals surface area contributed by atoms with Crippen molar-refractivity contribution >= 4 is 0 Å². The van der Waals surface area contributed by atoms with Crippen molar-refractivity contribution in [3.05, 3.63) is 83.7 Å². The fourth-order valence-corrected chi connectivity index (χ4v) is 3.84. The van der Waals surface area contributed by atoms with Crippen molar-refractivity contribution in [2.45, 2.75) is 65.4 Å². The van der Waals surface area contributed by atoms with E-state index in [2.05, 4.69) is 38.1 Å². The third-order valence-corrected chi connectivity index (χ3v) is 5.71. The topological polar surface area (TPSA) is 9.23 Å². The molecule has 31 heavy (non-hydrogen) atoms. The van der Waals surface area contributed by atoms with Gasteiger partial charge in [0.25, 0.3) is 0 Å². The number of ether oxygens (including phenoxy) is 1. The number of rotatable bonds is 12. The lowest BCUT2D eigenvalue weighted by Gasteiger charge is -2.09. The first-order valence-electron chi connectivity index (χ1n) is 11.8. The molecule has 0 spiro atoms. The number of hydrogen-bond donors (Lipinski definition) is 0. The maximum absolute atomic E-state index is 14.9. The molecule has 0 saturated carbocycles. The molecule has 0 aliphatic heterocycles. The van der Waals surface area contributed by atoms with Crippen LogP contribution in [0.4, 0.5) is 4.39 Å². The number of hydrogen-bond acceptors (Lipinski definition) is 1. The first-order valence-corrected chi connectivity index (χ1v) is 11.8. The zero-order valence-electron chi connectivity index (χ0n) is 19.0. The molecule has 0 heterocycles. The second kappa shape index (κ2) is 12.4. The average Bonchev–Trinajstić information content (AvgIpc) is 2.80. The molecule has 2 heteroatoms. The van der Waals surface area contributed by atoms with Crippen molar-refractivity contribution in [1.82, 2.24) is 0 Å². The molecule has 0 aromatic heterocycles. The quantitative estimate of drug-likeness (QED) is 0.268. The molecular formula is C29H35FO. The van der Waals surface area contributed by atoms with Crippen LogP contribution in [0.15, 0.2) is 66.7 Å². The molecular weight excluding hydrogens is 383 g/mol. The molecule has 3 aromatic rings. The van der Waals surface area contributed by atoms with Crippen LogP contribution in [0.3, 0.4) is 0 Å². The predicted molar refractivity (Wildman–Crippen MR) is 130 cm³/mol. The van der Waals surface area contributed by atoms with Gasteiger partial charge in [0.1, 0.15) is 5.82 Å². The van der Waals surface area contributed by atoms with E-state index in [4.69, 9.17) is 4.74 Å². The van der Waals surface area contributed by atoms with Gasteiger partial charge in [0.2, 0.25) is 0 Å². The Balaban J connectivity index is 1.62. The van der Waals surface area contributed by atoms with E-state index >= 15 is 0 Å². The first-order chi connectivity index (χ1) is 15.2. The molecule has 3 rings (SSSR count). The largest absolute Gasteiger partial charge is 0.377 e.